The number of rotatable bonds is 9. The van der Waals surface area contributed by atoms with Crippen LogP contribution in [0.5, 0.6) is 0 Å². The fourth-order valence-corrected chi connectivity index (χ4v) is 7.12. The van der Waals surface area contributed by atoms with E-state index in [4.69, 9.17) is 5.73 Å². The van der Waals surface area contributed by atoms with Crippen molar-refractivity contribution in [3.63, 3.8) is 0 Å². The van der Waals surface area contributed by atoms with Gasteiger partial charge in [0.15, 0.2) is 0 Å². The summed E-state index contributed by atoms with van der Waals surface area (Å²) < 4.78 is 28.2. The lowest BCUT2D eigenvalue weighted by Gasteiger charge is -2.39. The lowest BCUT2D eigenvalue weighted by Crippen LogP contribution is -2.44. The Morgan fingerprint density at radius 3 is 2.42 bits per heavy atom. The minimum atomic E-state index is -3.58. The average molecular weight is 470 g/mol. The molecule has 0 aromatic heterocycles. The molecule has 3 unspecified atom stereocenters. The van der Waals surface area contributed by atoms with E-state index >= 15 is 0 Å². The van der Waals surface area contributed by atoms with Gasteiger partial charge in [-0.3, -0.25) is 0 Å². The minimum Gasteiger partial charge on any atom is -0.326 e. The standard InChI is InChI=1S/C27H39N3O2S/c1-27(25-9-4-3-5-10-25,16-18-30-17-15-23-7-6-8-24(23)20-30)21-29(2)33(31,32)26-13-11-22(19-28)12-14-26/h3-5,9-14,23-24H,6-8,15-21,28H2,1-2H3. The van der Waals surface area contributed by atoms with Gasteiger partial charge in [0, 0.05) is 32.1 Å². The monoisotopic (exact) mass is 469 g/mol. The van der Waals surface area contributed by atoms with Crippen molar-refractivity contribution in [2.24, 2.45) is 17.6 Å². The summed E-state index contributed by atoms with van der Waals surface area (Å²) in [5.74, 6) is 1.80. The minimum absolute atomic E-state index is 0.271. The molecule has 1 heterocycles. The molecule has 2 N–H and O–H groups in total. The second-order valence-corrected chi connectivity index (χ2v) is 12.4. The highest BCUT2D eigenvalue weighted by Gasteiger charge is 2.36. The predicted molar refractivity (Wildman–Crippen MR) is 134 cm³/mol. The number of hydrogen-bond donors (Lipinski definition) is 1. The molecule has 2 aliphatic rings. The number of hydrogen-bond acceptors (Lipinski definition) is 4. The molecule has 2 fully saturated rings. The predicted octanol–water partition coefficient (Wildman–Crippen LogP) is 4.24. The number of sulfonamides is 1. The molecule has 33 heavy (non-hydrogen) atoms. The van der Waals surface area contributed by atoms with E-state index in [1.807, 2.05) is 6.07 Å². The van der Waals surface area contributed by atoms with Gasteiger partial charge >= 0.3 is 0 Å². The molecule has 0 amide bonds. The van der Waals surface area contributed by atoms with Crippen molar-refractivity contribution in [2.75, 3.05) is 33.2 Å². The number of piperidine rings is 1. The lowest BCUT2D eigenvalue weighted by atomic mass is 9.78. The number of nitrogens with two attached hydrogens (primary N) is 1. The lowest BCUT2D eigenvalue weighted by molar-refractivity contribution is 0.127. The van der Waals surface area contributed by atoms with Crippen LogP contribution in [0.2, 0.25) is 0 Å². The van der Waals surface area contributed by atoms with Crippen LogP contribution in [0.4, 0.5) is 0 Å². The second kappa shape index (κ2) is 10.3. The van der Waals surface area contributed by atoms with Crippen molar-refractivity contribution >= 4 is 10.0 Å². The molecule has 1 aliphatic carbocycles. The normalized spacial score (nSPS) is 23.4. The first-order chi connectivity index (χ1) is 15.8. The van der Waals surface area contributed by atoms with Crippen LogP contribution in [0.25, 0.3) is 0 Å². The third kappa shape index (κ3) is 5.51. The zero-order valence-electron chi connectivity index (χ0n) is 20.1. The first-order valence-electron chi connectivity index (χ1n) is 12.3. The molecule has 1 saturated carbocycles. The topological polar surface area (TPSA) is 66.6 Å². The summed E-state index contributed by atoms with van der Waals surface area (Å²) in [6.07, 6.45) is 6.43. The summed E-state index contributed by atoms with van der Waals surface area (Å²) in [6.45, 7) is 6.45. The van der Waals surface area contributed by atoms with Gasteiger partial charge in [0.1, 0.15) is 0 Å². The van der Waals surface area contributed by atoms with Crippen LogP contribution >= 0.6 is 0 Å². The van der Waals surface area contributed by atoms with E-state index < -0.39 is 10.0 Å². The van der Waals surface area contributed by atoms with Crippen molar-refractivity contribution in [3.05, 3.63) is 65.7 Å². The summed E-state index contributed by atoms with van der Waals surface area (Å²) in [5.41, 5.74) is 7.53. The molecule has 1 aliphatic heterocycles. The summed E-state index contributed by atoms with van der Waals surface area (Å²) in [4.78, 5) is 2.94. The highest BCUT2D eigenvalue weighted by atomic mass is 32.2. The van der Waals surface area contributed by atoms with Crippen molar-refractivity contribution in [2.45, 2.75) is 55.9 Å². The molecule has 180 valence electrons. The van der Waals surface area contributed by atoms with E-state index in [2.05, 4.69) is 36.1 Å². The average Bonchev–Trinajstić information content (AvgIpc) is 3.31. The molecule has 1 saturated heterocycles. The van der Waals surface area contributed by atoms with Crippen LogP contribution in [0, 0.1) is 11.8 Å². The van der Waals surface area contributed by atoms with E-state index in [1.165, 1.54) is 48.6 Å². The molecule has 0 radical (unpaired) electrons. The highest BCUT2D eigenvalue weighted by Crippen LogP contribution is 2.38. The molecule has 3 atom stereocenters. The first-order valence-corrected chi connectivity index (χ1v) is 13.8. The third-order valence-corrected chi connectivity index (χ3v) is 9.83. The zero-order chi connectivity index (χ0) is 23.5. The maximum Gasteiger partial charge on any atom is 0.242 e. The fourth-order valence-electron chi connectivity index (χ4n) is 5.82. The van der Waals surface area contributed by atoms with Crippen LogP contribution in [-0.4, -0.2) is 50.8 Å². The number of fused-ring (bicyclic) bond motifs is 1. The van der Waals surface area contributed by atoms with Gasteiger partial charge in [-0.15, -0.1) is 0 Å². The molecule has 0 spiro atoms. The number of likely N-dealkylation sites (N-methyl/N-ethyl adjacent to an activating group) is 1. The highest BCUT2D eigenvalue weighted by molar-refractivity contribution is 7.89. The van der Waals surface area contributed by atoms with Crippen molar-refractivity contribution in [1.29, 1.82) is 0 Å². The molecule has 2 aromatic carbocycles. The summed E-state index contributed by atoms with van der Waals surface area (Å²) in [6, 6.07) is 17.3. The van der Waals surface area contributed by atoms with Crippen LogP contribution in [-0.2, 0) is 22.0 Å². The van der Waals surface area contributed by atoms with Gasteiger partial charge in [-0.05, 0) is 67.4 Å². The fraction of sp³-hybridized carbons (Fsp3) is 0.556. The zero-order valence-corrected chi connectivity index (χ0v) is 20.9. The van der Waals surface area contributed by atoms with E-state index in [0.717, 1.165) is 30.4 Å². The Hall–Kier alpha value is -1.73. The van der Waals surface area contributed by atoms with Gasteiger partial charge in [-0.2, -0.15) is 0 Å². The Morgan fingerprint density at radius 1 is 1.03 bits per heavy atom. The quantitative estimate of drug-likeness (QED) is 0.597. The second-order valence-electron chi connectivity index (χ2n) is 10.3. The molecule has 4 rings (SSSR count). The van der Waals surface area contributed by atoms with Gasteiger partial charge < -0.3 is 10.6 Å². The summed E-state index contributed by atoms with van der Waals surface area (Å²) >= 11 is 0. The van der Waals surface area contributed by atoms with Crippen molar-refractivity contribution in [1.82, 2.24) is 9.21 Å². The van der Waals surface area contributed by atoms with Crippen molar-refractivity contribution in [3.8, 4) is 0 Å². The SMILES string of the molecule is CN(CC(C)(CCN1CCC2CCCC2C1)c1ccccc1)S(=O)(=O)c1ccc(CN)cc1. The Labute approximate surface area is 200 Å². The number of likely N-dealkylation sites (tertiary alicyclic amines) is 1. The molecule has 5 nitrogen and oxygen atoms in total. The van der Waals surface area contributed by atoms with E-state index in [-0.39, 0.29) is 5.41 Å². The Kier molecular flexibility index (Phi) is 7.59. The van der Waals surface area contributed by atoms with E-state index in [0.29, 0.717) is 18.0 Å². The van der Waals surface area contributed by atoms with Gasteiger partial charge in [-0.25, -0.2) is 12.7 Å². The van der Waals surface area contributed by atoms with Crippen LogP contribution < -0.4 is 5.73 Å². The maximum atomic E-state index is 13.4. The van der Waals surface area contributed by atoms with Crippen LogP contribution in [0.1, 0.15) is 50.2 Å². The molecule has 2 aromatic rings. The van der Waals surface area contributed by atoms with Gasteiger partial charge in [0.2, 0.25) is 10.0 Å². The molecule has 6 heteroatoms. The first kappa shape index (κ1) is 24.4. The number of nitrogens with zero attached hydrogens (tertiary/aromatic N) is 2. The summed E-state index contributed by atoms with van der Waals surface area (Å²) in [5, 5.41) is 0. The molecular weight excluding hydrogens is 430 g/mol. The Morgan fingerprint density at radius 2 is 1.73 bits per heavy atom. The molecule has 0 bridgehead atoms. The smallest absolute Gasteiger partial charge is 0.242 e. The van der Waals surface area contributed by atoms with Crippen LogP contribution in [0.15, 0.2) is 59.5 Å². The van der Waals surface area contributed by atoms with E-state index in [9.17, 15) is 8.42 Å². The maximum absolute atomic E-state index is 13.4. The van der Waals surface area contributed by atoms with Gasteiger partial charge in [0.25, 0.3) is 0 Å². The van der Waals surface area contributed by atoms with Gasteiger partial charge in [-0.1, -0.05) is 62.2 Å². The Balaban J connectivity index is 1.50. The number of benzene rings is 2. The van der Waals surface area contributed by atoms with Crippen LogP contribution in [0.3, 0.4) is 0 Å². The summed E-state index contributed by atoms with van der Waals surface area (Å²) in [7, 11) is -1.88. The Bertz CT molecular complexity index is 1010. The molecular formula is C27H39N3O2S. The van der Waals surface area contributed by atoms with Crippen molar-refractivity contribution < 1.29 is 8.42 Å². The third-order valence-electron chi connectivity index (χ3n) is 8.01. The largest absolute Gasteiger partial charge is 0.326 e. The van der Waals surface area contributed by atoms with E-state index in [1.54, 1.807) is 31.3 Å². The van der Waals surface area contributed by atoms with Gasteiger partial charge in [0.05, 0.1) is 4.90 Å².